The maximum Gasteiger partial charge on any atom is 0.274 e. The van der Waals surface area contributed by atoms with E-state index in [1.807, 2.05) is 0 Å². The number of hydrogen-bond acceptors (Lipinski definition) is 6. The molecule has 0 bridgehead atoms. The number of aromatic hydroxyl groups is 1. The van der Waals surface area contributed by atoms with Crippen LogP contribution in [0.15, 0.2) is 36.5 Å². The van der Waals surface area contributed by atoms with Crippen molar-refractivity contribution >= 4 is 27.6 Å². The summed E-state index contributed by atoms with van der Waals surface area (Å²) in [5.41, 5.74) is -1.14. The first kappa shape index (κ1) is 19.5. The lowest BCUT2D eigenvalue weighted by Gasteiger charge is -2.40. The lowest BCUT2D eigenvalue weighted by atomic mass is 9.93. The van der Waals surface area contributed by atoms with Gasteiger partial charge in [-0.3, -0.25) is 10.2 Å². The molecule has 2 heterocycles. The summed E-state index contributed by atoms with van der Waals surface area (Å²) in [6.07, 6.45) is 1.12. The second-order valence-electron chi connectivity index (χ2n) is 6.58. The van der Waals surface area contributed by atoms with Crippen LogP contribution in [-0.2, 0) is 15.6 Å². The second kappa shape index (κ2) is 6.75. The molecule has 1 amide bonds. The molecule has 0 aliphatic carbocycles. The predicted octanol–water partition coefficient (Wildman–Crippen LogP) is 1.19. The number of halogens is 1. The van der Waals surface area contributed by atoms with Crippen molar-refractivity contribution in [3.05, 3.63) is 53.6 Å². The quantitative estimate of drug-likeness (QED) is 0.604. The Bertz CT molecular complexity index is 1060. The Kier molecular flexibility index (Phi) is 4.71. The molecule has 0 spiro atoms. The molecule has 28 heavy (non-hydrogen) atoms. The molecule has 3 rings (SSSR count). The van der Waals surface area contributed by atoms with Crippen LogP contribution in [0.2, 0.25) is 0 Å². The van der Waals surface area contributed by atoms with Crippen LogP contribution in [0.5, 0.6) is 5.75 Å². The van der Waals surface area contributed by atoms with Gasteiger partial charge in [-0.05, 0) is 37.3 Å². The number of hydrogen-bond donors (Lipinski definition) is 4. The van der Waals surface area contributed by atoms with Crippen LogP contribution in [0.25, 0.3) is 0 Å². The summed E-state index contributed by atoms with van der Waals surface area (Å²) in [5, 5.41) is 22.3. The topological polar surface area (TPSA) is 135 Å². The molecular weight excluding hydrogens is 389 g/mol. The highest BCUT2D eigenvalue weighted by Crippen LogP contribution is 2.31. The first-order valence-electron chi connectivity index (χ1n) is 8.11. The molecule has 1 aromatic heterocycles. The number of aromatic nitrogens is 1. The number of nitrogens with one attached hydrogen (secondary N) is 3. The van der Waals surface area contributed by atoms with E-state index in [2.05, 4.69) is 15.6 Å². The number of amides is 1. The van der Waals surface area contributed by atoms with Crippen molar-refractivity contribution in [2.75, 3.05) is 18.1 Å². The molecule has 2 aromatic rings. The van der Waals surface area contributed by atoms with Gasteiger partial charge in [0.1, 0.15) is 17.3 Å². The minimum absolute atomic E-state index is 0.00890. The number of carbonyl (C=O) groups excluding carboxylic acids is 1. The fraction of sp³-hybridized carbons (Fsp3) is 0.235. The van der Waals surface area contributed by atoms with Gasteiger partial charge in [-0.1, -0.05) is 0 Å². The Balaban J connectivity index is 1.92. The van der Waals surface area contributed by atoms with Crippen LogP contribution in [0.1, 0.15) is 23.0 Å². The van der Waals surface area contributed by atoms with Crippen molar-refractivity contribution in [3.63, 3.8) is 0 Å². The van der Waals surface area contributed by atoms with Crippen LogP contribution in [0.3, 0.4) is 0 Å². The van der Waals surface area contributed by atoms with E-state index in [9.17, 15) is 22.7 Å². The average Bonchev–Trinajstić information content (AvgIpc) is 2.61. The number of nitrogens with zero attached hydrogens (tertiary/aromatic N) is 2. The SMILES string of the molecule is CN1C(=N)N[C@](C)(c2cc(NC(=O)c3ccc(O)cn3)ccc2F)CS1(=O)=O. The van der Waals surface area contributed by atoms with E-state index in [0.29, 0.717) is 0 Å². The van der Waals surface area contributed by atoms with Crippen molar-refractivity contribution in [3.8, 4) is 5.75 Å². The molecular formula is C17H18FN5O4S. The van der Waals surface area contributed by atoms with Gasteiger partial charge in [0.2, 0.25) is 16.0 Å². The Labute approximate surface area is 160 Å². The monoisotopic (exact) mass is 407 g/mol. The molecule has 9 nitrogen and oxygen atoms in total. The molecule has 1 aliphatic heterocycles. The van der Waals surface area contributed by atoms with Crippen molar-refractivity contribution < 1.29 is 22.7 Å². The van der Waals surface area contributed by atoms with Crippen LogP contribution in [0, 0.1) is 11.2 Å². The minimum atomic E-state index is -3.81. The fourth-order valence-corrected chi connectivity index (χ4v) is 4.34. The fourth-order valence-electron chi connectivity index (χ4n) is 2.86. The van der Waals surface area contributed by atoms with Gasteiger partial charge in [-0.15, -0.1) is 0 Å². The molecule has 0 radical (unpaired) electrons. The third kappa shape index (κ3) is 3.60. The largest absolute Gasteiger partial charge is 0.506 e. The summed E-state index contributed by atoms with van der Waals surface area (Å²) < 4.78 is 39.9. The summed E-state index contributed by atoms with van der Waals surface area (Å²) in [5.74, 6) is -2.20. The van der Waals surface area contributed by atoms with Crippen molar-refractivity contribution in [2.24, 2.45) is 0 Å². The Morgan fingerprint density at radius 2 is 2.11 bits per heavy atom. The van der Waals surface area contributed by atoms with E-state index in [1.54, 1.807) is 0 Å². The van der Waals surface area contributed by atoms with Crippen LogP contribution in [-0.4, -0.2) is 47.5 Å². The summed E-state index contributed by atoms with van der Waals surface area (Å²) in [4.78, 5) is 16.1. The summed E-state index contributed by atoms with van der Waals surface area (Å²) in [7, 11) is -2.57. The van der Waals surface area contributed by atoms with Gasteiger partial charge in [0, 0.05) is 18.3 Å². The summed E-state index contributed by atoms with van der Waals surface area (Å²) in [6.45, 7) is 1.47. The summed E-state index contributed by atoms with van der Waals surface area (Å²) in [6, 6.07) is 6.38. The van der Waals surface area contributed by atoms with Crippen molar-refractivity contribution in [1.29, 1.82) is 5.41 Å². The van der Waals surface area contributed by atoms with Crippen LogP contribution >= 0.6 is 0 Å². The van der Waals surface area contributed by atoms with Gasteiger partial charge in [0.15, 0.2) is 0 Å². The molecule has 4 N–H and O–H groups in total. The molecule has 1 aliphatic rings. The van der Waals surface area contributed by atoms with Gasteiger partial charge >= 0.3 is 0 Å². The molecule has 11 heteroatoms. The molecule has 0 saturated carbocycles. The lowest BCUT2D eigenvalue weighted by molar-refractivity contribution is 0.102. The zero-order valence-electron chi connectivity index (χ0n) is 15.0. The van der Waals surface area contributed by atoms with Gasteiger partial charge < -0.3 is 15.7 Å². The van der Waals surface area contributed by atoms with Gasteiger partial charge in [0.25, 0.3) is 5.91 Å². The number of pyridine rings is 1. The van der Waals surface area contributed by atoms with E-state index in [4.69, 9.17) is 5.41 Å². The number of guanidine groups is 1. The molecule has 1 fully saturated rings. The summed E-state index contributed by atoms with van der Waals surface area (Å²) >= 11 is 0. The maximum atomic E-state index is 14.5. The van der Waals surface area contributed by atoms with E-state index < -0.39 is 33.0 Å². The average molecular weight is 407 g/mol. The molecule has 1 saturated heterocycles. The first-order chi connectivity index (χ1) is 13.0. The molecule has 148 valence electrons. The number of rotatable bonds is 3. The predicted molar refractivity (Wildman–Crippen MR) is 100 cm³/mol. The Morgan fingerprint density at radius 3 is 2.71 bits per heavy atom. The van der Waals surface area contributed by atoms with E-state index in [-0.39, 0.29) is 28.7 Å². The highest BCUT2D eigenvalue weighted by Gasteiger charge is 2.43. The highest BCUT2D eigenvalue weighted by atomic mass is 32.2. The van der Waals surface area contributed by atoms with Crippen molar-refractivity contribution in [1.82, 2.24) is 14.6 Å². The molecule has 1 atom stereocenters. The van der Waals surface area contributed by atoms with Crippen LogP contribution < -0.4 is 10.6 Å². The zero-order valence-corrected chi connectivity index (χ0v) is 15.8. The smallest absolute Gasteiger partial charge is 0.274 e. The third-order valence-electron chi connectivity index (χ3n) is 4.40. The second-order valence-corrected chi connectivity index (χ2v) is 8.58. The standard InChI is InChI=1S/C17H18FN5O4S/c1-17(9-28(26,27)23(2)16(19)22-17)12-7-10(3-5-13(12)18)21-15(25)14-6-4-11(24)8-20-14/h3-8,24H,9H2,1-2H3,(H2,19,22)(H,21,25)/t17-/m0/s1. The van der Waals surface area contributed by atoms with Gasteiger partial charge in [-0.25, -0.2) is 22.1 Å². The minimum Gasteiger partial charge on any atom is -0.506 e. The zero-order chi connectivity index (χ0) is 20.7. The van der Waals surface area contributed by atoms with Gasteiger partial charge in [0.05, 0.1) is 17.5 Å². The number of benzene rings is 1. The Morgan fingerprint density at radius 1 is 1.39 bits per heavy atom. The number of sulfonamides is 1. The third-order valence-corrected chi connectivity index (χ3v) is 6.36. The van der Waals surface area contributed by atoms with E-state index in [1.165, 1.54) is 38.2 Å². The Hall–Kier alpha value is -3.21. The highest BCUT2D eigenvalue weighted by molar-refractivity contribution is 7.89. The van der Waals surface area contributed by atoms with Crippen molar-refractivity contribution in [2.45, 2.75) is 12.5 Å². The van der Waals surface area contributed by atoms with Gasteiger partial charge in [-0.2, -0.15) is 0 Å². The molecule has 1 aromatic carbocycles. The molecule has 0 unspecified atom stereocenters. The van der Waals surface area contributed by atoms with Crippen LogP contribution in [0.4, 0.5) is 10.1 Å². The van der Waals surface area contributed by atoms with E-state index in [0.717, 1.165) is 16.6 Å². The number of carbonyl (C=O) groups is 1. The number of anilines is 1. The van der Waals surface area contributed by atoms with E-state index >= 15 is 0 Å². The first-order valence-corrected chi connectivity index (χ1v) is 9.72. The lowest BCUT2D eigenvalue weighted by Crippen LogP contribution is -2.61. The normalized spacial score (nSPS) is 21.1. The maximum absolute atomic E-state index is 14.5.